The fourth-order valence-electron chi connectivity index (χ4n) is 0.533. The highest BCUT2D eigenvalue weighted by molar-refractivity contribution is 4.56. The summed E-state index contributed by atoms with van der Waals surface area (Å²) in [6.07, 6.45) is -0.565. The van der Waals surface area contributed by atoms with Crippen LogP contribution in [0.4, 0.5) is 0 Å². The molecular formula is C4H10N2O2. The number of rotatable bonds is 0. The predicted molar refractivity (Wildman–Crippen MR) is 27.9 cm³/mol. The Morgan fingerprint density at radius 3 is 1.62 bits per heavy atom. The van der Waals surface area contributed by atoms with E-state index in [1.54, 1.807) is 0 Å². The zero-order valence-corrected chi connectivity index (χ0v) is 4.54. The van der Waals surface area contributed by atoms with Crippen molar-refractivity contribution in [2.24, 2.45) is 11.5 Å². The molecule has 1 aliphatic heterocycles. The molecule has 0 aromatic heterocycles. The summed E-state index contributed by atoms with van der Waals surface area (Å²) in [7, 11) is 0. The van der Waals surface area contributed by atoms with Gasteiger partial charge in [-0.15, -0.1) is 0 Å². The first-order chi connectivity index (χ1) is 3.79. The first-order valence-corrected chi connectivity index (χ1v) is 2.53. The summed E-state index contributed by atoms with van der Waals surface area (Å²) in [5.41, 5.74) is 10.6. The standard InChI is InChI=1S/C4H10N2O2/c5-3-1-7-4(6)2-8-3/h3-4H,1-2,5-6H2. The maximum absolute atomic E-state index is 5.29. The molecule has 1 heterocycles. The van der Waals surface area contributed by atoms with Gasteiger partial charge in [0, 0.05) is 0 Å². The molecule has 4 nitrogen and oxygen atoms in total. The molecule has 48 valence electrons. The third kappa shape index (κ3) is 1.41. The molecule has 0 aliphatic carbocycles. The average molecular weight is 118 g/mol. The molecule has 8 heavy (non-hydrogen) atoms. The number of ether oxygens (including phenoxy) is 2. The van der Waals surface area contributed by atoms with Crippen molar-refractivity contribution in [3.05, 3.63) is 0 Å². The minimum atomic E-state index is -0.283. The van der Waals surface area contributed by atoms with Crippen LogP contribution in [0.5, 0.6) is 0 Å². The van der Waals surface area contributed by atoms with Gasteiger partial charge in [0.1, 0.15) is 12.5 Å². The second kappa shape index (κ2) is 2.41. The van der Waals surface area contributed by atoms with Crippen LogP contribution >= 0.6 is 0 Å². The maximum atomic E-state index is 5.29. The Hall–Kier alpha value is -0.160. The molecule has 0 aromatic rings. The summed E-state index contributed by atoms with van der Waals surface area (Å²) in [5.74, 6) is 0. The van der Waals surface area contributed by atoms with Gasteiger partial charge in [-0.2, -0.15) is 0 Å². The summed E-state index contributed by atoms with van der Waals surface area (Å²) in [4.78, 5) is 0. The van der Waals surface area contributed by atoms with Crippen molar-refractivity contribution in [3.63, 3.8) is 0 Å². The third-order valence-electron chi connectivity index (χ3n) is 0.949. The smallest absolute Gasteiger partial charge is 0.129 e. The van der Waals surface area contributed by atoms with E-state index in [-0.39, 0.29) is 12.5 Å². The minimum absolute atomic E-state index is 0.283. The van der Waals surface area contributed by atoms with E-state index in [0.29, 0.717) is 13.2 Å². The van der Waals surface area contributed by atoms with Crippen LogP contribution < -0.4 is 11.5 Å². The highest BCUT2D eigenvalue weighted by Crippen LogP contribution is 1.96. The van der Waals surface area contributed by atoms with E-state index < -0.39 is 0 Å². The van der Waals surface area contributed by atoms with Gasteiger partial charge in [0.15, 0.2) is 0 Å². The second-order valence-electron chi connectivity index (χ2n) is 1.74. The fourth-order valence-corrected chi connectivity index (χ4v) is 0.533. The van der Waals surface area contributed by atoms with Crippen molar-refractivity contribution < 1.29 is 9.47 Å². The fraction of sp³-hybridized carbons (Fsp3) is 1.00. The predicted octanol–water partition coefficient (Wildman–Crippen LogP) is -1.40. The minimum Gasteiger partial charge on any atom is -0.357 e. The Morgan fingerprint density at radius 1 is 1.00 bits per heavy atom. The van der Waals surface area contributed by atoms with Gasteiger partial charge in [0.2, 0.25) is 0 Å². The summed E-state index contributed by atoms with van der Waals surface area (Å²) in [6.45, 7) is 0.808. The molecule has 0 amide bonds. The lowest BCUT2D eigenvalue weighted by Crippen LogP contribution is -2.44. The van der Waals surface area contributed by atoms with Crippen LogP contribution in [0.15, 0.2) is 0 Å². The summed E-state index contributed by atoms with van der Waals surface area (Å²) in [5, 5.41) is 0. The zero-order chi connectivity index (χ0) is 5.98. The monoisotopic (exact) mass is 118 g/mol. The molecule has 0 radical (unpaired) electrons. The summed E-state index contributed by atoms with van der Waals surface area (Å²) >= 11 is 0. The molecule has 1 fully saturated rings. The van der Waals surface area contributed by atoms with Crippen molar-refractivity contribution in [1.82, 2.24) is 0 Å². The van der Waals surface area contributed by atoms with Gasteiger partial charge >= 0.3 is 0 Å². The Morgan fingerprint density at radius 2 is 1.38 bits per heavy atom. The van der Waals surface area contributed by atoms with Gasteiger partial charge in [-0.05, 0) is 0 Å². The van der Waals surface area contributed by atoms with Crippen molar-refractivity contribution in [3.8, 4) is 0 Å². The first-order valence-electron chi connectivity index (χ1n) is 2.53. The zero-order valence-electron chi connectivity index (χ0n) is 4.54. The molecule has 0 spiro atoms. The Balaban J connectivity index is 2.19. The largest absolute Gasteiger partial charge is 0.357 e. The van der Waals surface area contributed by atoms with Crippen molar-refractivity contribution in [2.75, 3.05) is 13.2 Å². The molecule has 0 aromatic carbocycles. The highest BCUT2D eigenvalue weighted by Gasteiger charge is 2.14. The number of hydrogen-bond donors (Lipinski definition) is 2. The molecule has 0 saturated carbocycles. The lowest BCUT2D eigenvalue weighted by molar-refractivity contribution is -0.128. The molecule has 1 saturated heterocycles. The Kier molecular flexibility index (Phi) is 1.80. The van der Waals surface area contributed by atoms with E-state index in [1.165, 1.54) is 0 Å². The van der Waals surface area contributed by atoms with Gasteiger partial charge in [-0.3, -0.25) is 0 Å². The molecule has 0 bridgehead atoms. The van der Waals surface area contributed by atoms with Crippen molar-refractivity contribution in [2.45, 2.75) is 12.5 Å². The van der Waals surface area contributed by atoms with Crippen LogP contribution in [-0.2, 0) is 9.47 Å². The van der Waals surface area contributed by atoms with E-state index in [0.717, 1.165) is 0 Å². The Labute approximate surface area is 47.7 Å². The number of hydrogen-bond acceptors (Lipinski definition) is 4. The average Bonchev–Trinajstić information content (AvgIpc) is 1.77. The van der Waals surface area contributed by atoms with E-state index >= 15 is 0 Å². The van der Waals surface area contributed by atoms with Gasteiger partial charge in [0.05, 0.1) is 13.2 Å². The van der Waals surface area contributed by atoms with Crippen LogP contribution in [0, 0.1) is 0 Å². The molecule has 1 rings (SSSR count). The quantitative estimate of drug-likeness (QED) is 0.410. The molecule has 2 atom stereocenters. The summed E-state index contributed by atoms with van der Waals surface area (Å²) < 4.78 is 9.84. The molecular weight excluding hydrogens is 108 g/mol. The maximum Gasteiger partial charge on any atom is 0.129 e. The van der Waals surface area contributed by atoms with Crippen molar-refractivity contribution >= 4 is 0 Å². The van der Waals surface area contributed by atoms with Crippen LogP contribution in [0.3, 0.4) is 0 Å². The van der Waals surface area contributed by atoms with E-state index in [9.17, 15) is 0 Å². The molecule has 4 N–H and O–H groups in total. The third-order valence-corrected chi connectivity index (χ3v) is 0.949. The van der Waals surface area contributed by atoms with Crippen LogP contribution in [0.25, 0.3) is 0 Å². The molecule has 2 unspecified atom stereocenters. The van der Waals surface area contributed by atoms with Gasteiger partial charge in [0.25, 0.3) is 0 Å². The van der Waals surface area contributed by atoms with Crippen LogP contribution in [0.2, 0.25) is 0 Å². The lowest BCUT2D eigenvalue weighted by atomic mass is 10.5. The van der Waals surface area contributed by atoms with Gasteiger partial charge in [-0.1, -0.05) is 0 Å². The van der Waals surface area contributed by atoms with Gasteiger partial charge in [-0.25, -0.2) is 0 Å². The van der Waals surface area contributed by atoms with Crippen LogP contribution in [-0.4, -0.2) is 25.7 Å². The Bertz CT molecular complexity index is 60.4. The number of nitrogens with two attached hydrogens (primary N) is 2. The topological polar surface area (TPSA) is 70.5 Å². The van der Waals surface area contributed by atoms with Gasteiger partial charge < -0.3 is 20.9 Å². The molecule has 1 aliphatic rings. The van der Waals surface area contributed by atoms with E-state index in [2.05, 4.69) is 0 Å². The first kappa shape index (κ1) is 5.97. The lowest BCUT2D eigenvalue weighted by Gasteiger charge is -2.23. The highest BCUT2D eigenvalue weighted by atomic mass is 16.6. The molecule has 4 heteroatoms. The summed E-state index contributed by atoms with van der Waals surface area (Å²) in [6, 6.07) is 0. The van der Waals surface area contributed by atoms with Crippen molar-refractivity contribution in [1.29, 1.82) is 0 Å². The second-order valence-corrected chi connectivity index (χ2v) is 1.74. The normalized spacial score (nSPS) is 39.8. The van der Waals surface area contributed by atoms with Crippen LogP contribution in [0.1, 0.15) is 0 Å². The SMILES string of the molecule is NC1COC(N)CO1. The van der Waals surface area contributed by atoms with E-state index in [4.69, 9.17) is 20.9 Å². The van der Waals surface area contributed by atoms with E-state index in [1.807, 2.05) is 0 Å².